The highest BCUT2D eigenvalue weighted by atomic mass is 32.1. The van der Waals surface area contributed by atoms with Crippen molar-refractivity contribution in [3.05, 3.63) is 76.8 Å². The van der Waals surface area contributed by atoms with Crippen molar-refractivity contribution in [3.8, 4) is 5.75 Å². The van der Waals surface area contributed by atoms with Crippen LogP contribution in [0.15, 0.2) is 60.0 Å². The summed E-state index contributed by atoms with van der Waals surface area (Å²) >= 11 is 1.19. The van der Waals surface area contributed by atoms with Gasteiger partial charge < -0.3 is 10.5 Å². The number of ether oxygens (including phenoxy) is 1. The molecule has 0 saturated heterocycles. The number of alkyl halides is 3. The van der Waals surface area contributed by atoms with Gasteiger partial charge in [0, 0.05) is 10.9 Å². The molecule has 5 nitrogen and oxygen atoms in total. The van der Waals surface area contributed by atoms with Gasteiger partial charge in [-0.3, -0.25) is 10.1 Å². The van der Waals surface area contributed by atoms with Gasteiger partial charge >= 0.3 is 6.36 Å². The van der Waals surface area contributed by atoms with Gasteiger partial charge in [0.1, 0.15) is 5.75 Å². The van der Waals surface area contributed by atoms with E-state index in [-0.39, 0.29) is 11.6 Å². The number of thiazole rings is 1. The van der Waals surface area contributed by atoms with Crippen molar-refractivity contribution < 1.29 is 22.7 Å². The molecule has 1 amide bonds. The quantitative estimate of drug-likeness (QED) is 0.629. The van der Waals surface area contributed by atoms with E-state index in [4.69, 9.17) is 5.73 Å². The summed E-state index contributed by atoms with van der Waals surface area (Å²) in [6, 6.07) is 14.2. The highest BCUT2D eigenvalue weighted by Crippen LogP contribution is 2.25. The number of hydrogen-bond acceptors (Lipinski definition) is 5. The highest BCUT2D eigenvalue weighted by Gasteiger charge is 2.31. The lowest BCUT2D eigenvalue weighted by Gasteiger charge is -2.10. The molecule has 0 saturated carbocycles. The minimum Gasteiger partial charge on any atom is -0.406 e. The van der Waals surface area contributed by atoms with E-state index in [9.17, 15) is 18.0 Å². The number of amides is 1. The molecule has 9 heteroatoms. The molecule has 28 heavy (non-hydrogen) atoms. The summed E-state index contributed by atoms with van der Waals surface area (Å²) < 4.78 is 40.8. The van der Waals surface area contributed by atoms with E-state index in [1.165, 1.54) is 23.5 Å². The van der Waals surface area contributed by atoms with Crippen molar-refractivity contribution >= 4 is 22.4 Å². The van der Waals surface area contributed by atoms with E-state index in [0.29, 0.717) is 17.2 Å². The van der Waals surface area contributed by atoms with Crippen LogP contribution in [-0.4, -0.2) is 17.3 Å². The molecule has 0 radical (unpaired) electrons. The highest BCUT2D eigenvalue weighted by molar-refractivity contribution is 7.14. The van der Waals surface area contributed by atoms with Crippen LogP contribution in [0.25, 0.3) is 0 Å². The fraction of sp³-hybridized carbons (Fsp3) is 0.158. The predicted molar refractivity (Wildman–Crippen MR) is 100 cm³/mol. The van der Waals surface area contributed by atoms with Crippen molar-refractivity contribution in [1.29, 1.82) is 0 Å². The number of nitrogens with zero attached hydrogens (tertiary/aromatic N) is 1. The van der Waals surface area contributed by atoms with Crippen LogP contribution in [0.5, 0.6) is 5.75 Å². The second kappa shape index (κ2) is 8.41. The molecule has 0 bridgehead atoms. The number of anilines is 1. The predicted octanol–water partition coefficient (Wildman–Crippen LogP) is 4.54. The Hall–Kier alpha value is -2.91. The van der Waals surface area contributed by atoms with Crippen molar-refractivity contribution in [2.75, 3.05) is 5.32 Å². The normalized spacial score (nSPS) is 12.4. The Morgan fingerprint density at radius 1 is 1.18 bits per heavy atom. The number of nitrogens with one attached hydrogen (secondary N) is 1. The van der Waals surface area contributed by atoms with Crippen LogP contribution in [0.1, 0.15) is 27.7 Å². The second-order valence-electron chi connectivity index (χ2n) is 5.90. The third-order valence-corrected chi connectivity index (χ3v) is 4.53. The fourth-order valence-corrected chi connectivity index (χ4v) is 3.26. The average Bonchev–Trinajstić information content (AvgIpc) is 3.10. The Kier molecular flexibility index (Phi) is 5.96. The molecule has 0 aliphatic heterocycles. The van der Waals surface area contributed by atoms with Crippen LogP contribution >= 0.6 is 11.3 Å². The first-order chi connectivity index (χ1) is 13.3. The summed E-state index contributed by atoms with van der Waals surface area (Å²) in [5.74, 6) is -1.06. The third kappa shape index (κ3) is 5.54. The van der Waals surface area contributed by atoms with E-state index in [2.05, 4.69) is 15.0 Å². The van der Waals surface area contributed by atoms with Crippen molar-refractivity contribution in [2.24, 2.45) is 5.73 Å². The maximum Gasteiger partial charge on any atom is 0.573 e. The van der Waals surface area contributed by atoms with Gasteiger partial charge in [0.15, 0.2) is 5.13 Å². The Morgan fingerprint density at radius 3 is 2.64 bits per heavy atom. The summed E-state index contributed by atoms with van der Waals surface area (Å²) in [5, 5.41) is 4.62. The molecule has 0 spiro atoms. The van der Waals surface area contributed by atoms with E-state index in [1.54, 1.807) is 5.38 Å². The minimum absolute atomic E-state index is 0.0204. The molecule has 146 valence electrons. The molecule has 3 rings (SSSR count). The lowest BCUT2D eigenvalue weighted by molar-refractivity contribution is -0.274. The monoisotopic (exact) mass is 407 g/mol. The van der Waals surface area contributed by atoms with Crippen LogP contribution in [0.2, 0.25) is 0 Å². The molecule has 1 atom stereocenters. The molecule has 3 N–H and O–H groups in total. The first-order valence-corrected chi connectivity index (χ1v) is 9.10. The molecular formula is C19H16F3N3O2S. The lowest BCUT2D eigenvalue weighted by atomic mass is 10.1. The van der Waals surface area contributed by atoms with Gasteiger partial charge in [-0.2, -0.15) is 0 Å². The van der Waals surface area contributed by atoms with Crippen molar-refractivity contribution in [1.82, 2.24) is 4.98 Å². The van der Waals surface area contributed by atoms with Crippen LogP contribution in [0.4, 0.5) is 18.3 Å². The van der Waals surface area contributed by atoms with E-state index in [1.807, 2.05) is 30.3 Å². The summed E-state index contributed by atoms with van der Waals surface area (Å²) in [7, 11) is 0. The maximum atomic E-state index is 12.3. The molecule has 2 aromatic carbocycles. The van der Waals surface area contributed by atoms with Gasteiger partial charge in [-0.25, -0.2) is 4.98 Å². The Bertz CT molecular complexity index is 945. The van der Waals surface area contributed by atoms with Crippen LogP contribution < -0.4 is 15.8 Å². The standard InChI is InChI=1S/C19H16F3N3O2S/c20-19(21,22)27-14-8-4-7-13(10-14)17(26)25-18-24-16(11-28-18)15(23)9-12-5-2-1-3-6-12/h1-8,10-11,15H,9,23H2,(H,24,25,26). The topological polar surface area (TPSA) is 77.2 Å². The van der Waals surface area contributed by atoms with Gasteiger partial charge in [0.25, 0.3) is 5.91 Å². The van der Waals surface area contributed by atoms with E-state index < -0.39 is 18.0 Å². The Balaban J connectivity index is 1.64. The average molecular weight is 407 g/mol. The summed E-state index contributed by atoms with van der Waals surface area (Å²) in [4.78, 5) is 16.6. The summed E-state index contributed by atoms with van der Waals surface area (Å²) in [6.45, 7) is 0. The van der Waals surface area contributed by atoms with Gasteiger partial charge in [-0.1, -0.05) is 36.4 Å². The van der Waals surface area contributed by atoms with Crippen LogP contribution in [0.3, 0.4) is 0 Å². The zero-order valence-electron chi connectivity index (χ0n) is 14.4. The summed E-state index contributed by atoms with van der Waals surface area (Å²) in [5.41, 5.74) is 7.88. The van der Waals surface area contributed by atoms with Crippen molar-refractivity contribution in [3.63, 3.8) is 0 Å². The number of hydrogen-bond donors (Lipinski definition) is 2. The smallest absolute Gasteiger partial charge is 0.406 e. The molecule has 0 fully saturated rings. The van der Waals surface area contributed by atoms with Gasteiger partial charge in [-0.05, 0) is 30.2 Å². The molecule has 1 aromatic heterocycles. The minimum atomic E-state index is -4.83. The zero-order valence-corrected chi connectivity index (χ0v) is 15.3. The van der Waals surface area contributed by atoms with E-state index >= 15 is 0 Å². The maximum absolute atomic E-state index is 12.3. The summed E-state index contributed by atoms with van der Waals surface area (Å²) in [6.07, 6.45) is -4.23. The van der Waals surface area contributed by atoms with Gasteiger partial charge in [0.2, 0.25) is 0 Å². The van der Waals surface area contributed by atoms with Crippen molar-refractivity contribution in [2.45, 2.75) is 18.8 Å². The molecule has 3 aromatic rings. The largest absolute Gasteiger partial charge is 0.573 e. The van der Waals surface area contributed by atoms with Gasteiger partial charge in [-0.15, -0.1) is 24.5 Å². The lowest BCUT2D eigenvalue weighted by Crippen LogP contribution is -2.18. The SMILES string of the molecule is NC(Cc1ccccc1)c1csc(NC(=O)c2cccc(OC(F)(F)F)c2)n1. The molecule has 1 unspecified atom stereocenters. The third-order valence-electron chi connectivity index (χ3n) is 3.75. The zero-order chi connectivity index (χ0) is 20.1. The van der Waals surface area contributed by atoms with Gasteiger partial charge in [0.05, 0.1) is 11.7 Å². The molecule has 1 heterocycles. The number of carbonyl (C=O) groups excluding carboxylic acids is 1. The number of carbonyl (C=O) groups is 1. The number of aromatic nitrogens is 1. The molecule has 0 aliphatic rings. The number of benzene rings is 2. The second-order valence-corrected chi connectivity index (χ2v) is 6.76. The first-order valence-electron chi connectivity index (χ1n) is 8.22. The van der Waals surface area contributed by atoms with Crippen LogP contribution in [-0.2, 0) is 6.42 Å². The first kappa shape index (κ1) is 19.8. The molecule has 0 aliphatic carbocycles. The number of halogens is 3. The number of rotatable bonds is 6. The number of nitrogens with two attached hydrogens (primary N) is 1. The fourth-order valence-electron chi connectivity index (χ4n) is 2.49. The Morgan fingerprint density at radius 2 is 1.93 bits per heavy atom. The molecular weight excluding hydrogens is 391 g/mol. The van der Waals surface area contributed by atoms with Crippen LogP contribution in [0, 0.1) is 0 Å². The van der Waals surface area contributed by atoms with E-state index in [0.717, 1.165) is 17.7 Å². The Labute approximate surface area is 163 Å².